The lowest BCUT2D eigenvalue weighted by Crippen LogP contribution is -2.35. The van der Waals surface area contributed by atoms with E-state index in [2.05, 4.69) is 10.3 Å². The molecule has 0 unspecified atom stereocenters. The third-order valence-electron chi connectivity index (χ3n) is 4.15. The smallest absolute Gasteiger partial charge is 0.243 e. The molecule has 0 saturated heterocycles. The van der Waals surface area contributed by atoms with Crippen molar-refractivity contribution >= 4 is 44.5 Å². The molecule has 0 radical (unpaired) electrons. The minimum Gasteiger partial charge on any atom is -0.313 e. The number of anilines is 1. The number of likely N-dealkylation sites (N-methyl/N-ethyl adjacent to an activating group) is 1. The van der Waals surface area contributed by atoms with Crippen LogP contribution >= 0.6 is 11.6 Å². The number of imidazole rings is 1. The second-order valence-corrected chi connectivity index (χ2v) is 8.55. The molecule has 3 aromatic rings. The monoisotopic (exact) mass is 417 g/mol. The second kappa shape index (κ2) is 7.59. The number of carbonyl (C=O) groups is 1. The first-order valence-corrected chi connectivity index (χ1v) is 9.92. The summed E-state index contributed by atoms with van der Waals surface area (Å²) in [6.45, 7) is -0.397. The first kappa shape index (κ1) is 19.8. The van der Waals surface area contributed by atoms with E-state index in [1.165, 1.54) is 31.3 Å². The van der Waals surface area contributed by atoms with Crippen molar-refractivity contribution in [1.82, 2.24) is 13.9 Å². The van der Waals surface area contributed by atoms with E-state index in [0.717, 1.165) is 9.82 Å². The van der Waals surface area contributed by atoms with Gasteiger partial charge in [-0.05, 0) is 42.5 Å². The third kappa shape index (κ3) is 3.84. The molecular formula is C18H16ClN5O3S. The molecule has 1 amide bonds. The number of rotatable bonds is 5. The normalized spacial score (nSPS) is 11.5. The Morgan fingerprint density at radius 2 is 1.96 bits per heavy atom. The van der Waals surface area contributed by atoms with Crippen LogP contribution in [0.3, 0.4) is 0 Å². The Balaban J connectivity index is 1.75. The van der Waals surface area contributed by atoms with Gasteiger partial charge >= 0.3 is 0 Å². The third-order valence-corrected chi connectivity index (χ3v) is 6.20. The van der Waals surface area contributed by atoms with Crippen LogP contribution < -0.4 is 5.32 Å². The lowest BCUT2D eigenvalue weighted by Gasteiger charge is -2.16. The van der Waals surface area contributed by atoms with Gasteiger partial charge < -0.3 is 4.57 Å². The molecule has 0 saturated carbocycles. The number of sulfonamides is 1. The van der Waals surface area contributed by atoms with Crippen LogP contribution in [0, 0.1) is 11.3 Å². The standard InChI is InChI=1S/C18H16ClN5O3S/c1-23(28(26,27)14-6-3-12(10-20)4-7-14)11-17(25)22-18-21-15-9-13(19)5-8-16(15)24(18)2/h3-9H,11H2,1-2H3,(H,21,22,25). The summed E-state index contributed by atoms with van der Waals surface area (Å²) in [6.07, 6.45) is 0. The van der Waals surface area contributed by atoms with Gasteiger partial charge in [-0.1, -0.05) is 11.6 Å². The Bertz CT molecular complexity index is 1200. The topological polar surface area (TPSA) is 108 Å². The van der Waals surface area contributed by atoms with Crippen LogP contribution in [-0.2, 0) is 21.9 Å². The molecule has 0 atom stereocenters. The van der Waals surface area contributed by atoms with Gasteiger partial charge in [0.05, 0.1) is 34.1 Å². The highest BCUT2D eigenvalue weighted by atomic mass is 35.5. The number of aryl methyl sites for hydroxylation is 1. The van der Waals surface area contributed by atoms with Crippen molar-refractivity contribution in [3.05, 3.63) is 53.1 Å². The number of nitriles is 1. The minimum atomic E-state index is -3.87. The van der Waals surface area contributed by atoms with E-state index in [1.54, 1.807) is 29.8 Å². The molecule has 144 valence electrons. The van der Waals surface area contributed by atoms with Gasteiger partial charge in [-0.25, -0.2) is 13.4 Å². The van der Waals surface area contributed by atoms with E-state index in [9.17, 15) is 13.2 Å². The zero-order valence-electron chi connectivity index (χ0n) is 15.0. The molecule has 2 aromatic carbocycles. The van der Waals surface area contributed by atoms with Gasteiger partial charge in [0.25, 0.3) is 0 Å². The lowest BCUT2D eigenvalue weighted by molar-refractivity contribution is -0.116. The first-order valence-electron chi connectivity index (χ1n) is 8.10. The molecule has 1 N–H and O–H groups in total. The number of benzene rings is 2. The maximum Gasteiger partial charge on any atom is 0.243 e. The molecule has 0 fully saturated rings. The zero-order valence-corrected chi connectivity index (χ0v) is 16.6. The van der Waals surface area contributed by atoms with E-state index in [1.807, 2.05) is 6.07 Å². The Morgan fingerprint density at radius 1 is 1.29 bits per heavy atom. The van der Waals surface area contributed by atoms with E-state index in [4.69, 9.17) is 16.9 Å². The van der Waals surface area contributed by atoms with E-state index in [-0.39, 0.29) is 10.8 Å². The van der Waals surface area contributed by atoms with Crippen LogP contribution in [0.25, 0.3) is 11.0 Å². The Morgan fingerprint density at radius 3 is 2.61 bits per heavy atom. The number of fused-ring (bicyclic) bond motifs is 1. The Labute approximate surface area is 167 Å². The minimum absolute atomic E-state index is 0.000767. The summed E-state index contributed by atoms with van der Waals surface area (Å²) >= 11 is 5.95. The molecule has 8 nitrogen and oxygen atoms in total. The van der Waals surface area contributed by atoms with Gasteiger partial charge in [-0.2, -0.15) is 9.57 Å². The number of nitrogens with one attached hydrogen (secondary N) is 1. The number of hydrogen-bond donors (Lipinski definition) is 1. The largest absolute Gasteiger partial charge is 0.313 e. The highest BCUT2D eigenvalue weighted by Gasteiger charge is 2.23. The van der Waals surface area contributed by atoms with E-state index in [0.29, 0.717) is 16.1 Å². The number of amides is 1. The van der Waals surface area contributed by atoms with Crippen LogP contribution in [-0.4, -0.2) is 41.8 Å². The quantitative estimate of drug-likeness (QED) is 0.685. The Hall–Kier alpha value is -2.93. The molecular weight excluding hydrogens is 402 g/mol. The second-order valence-electron chi connectivity index (χ2n) is 6.07. The fourth-order valence-corrected chi connectivity index (χ4v) is 3.91. The van der Waals surface area contributed by atoms with Crippen molar-refractivity contribution in [1.29, 1.82) is 5.26 Å². The highest BCUT2D eigenvalue weighted by molar-refractivity contribution is 7.89. The van der Waals surface area contributed by atoms with Crippen molar-refractivity contribution in [3.63, 3.8) is 0 Å². The van der Waals surface area contributed by atoms with E-state index >= 15 is 0 Å². The van der Waals surface area contributed by atoms with Crippen molar-refractivity contribution in [3.8, 4) is 6.07 Å². The Kier molecular flexibility index (Phi) is 5.38. The summed E-state index contributed by atoms with van der Waals surface area (Å²) in [5.41, 5.74) is 1.74. The predicted octanol–water partition coefficient (Wildman–Crippen LogP) is 2.36. The number of hydrogen-bond acceptors (Lipinski definition) is 5. The van der Waals surface area contributed by atoms with Gasteiger partial charge in [0.15, 0.2) is 0 Å². The van der Waals surface area contributed by atoms with Crippen molar-refractivity contribution in [2.45, 2.75) is 4.90 Å². The number of nitrogens with zero attached hydrogens (tertiary/aromatic N) is 4. The summed E-state index contributed by atoms with van der Waals surface area (Å²) in [4.78, 5) is 16.7. The van der Waals surface area contributed by atoms with E-state index < -0.39 is 22.5 Å². The van der Waals surface area contributed by atoms with Crippen LogP contribution in [0.5, 0.6) is 0 Å². The zero-order chi connectivity index (χ0) is 20.5. The average molecular weight is 418 g/mol. The fraction of sp³-hybridized carbons (Fsp3) is 0.167. The molecule has 28 heavy (non-hydrogen) atoms. The van der Waals surface area contributed by atoms with Gasteiger partial charge in [0.2, 0.25) is 21.9 Å². The summed E-state index contributed by atoms with van der Waals surface area (Å²) in [6, 6.07) is 12.6. The molecule has 0 aliphatic heterocycles. The van der Waals surface area contributed by atoms with Gasteiger partial charge in [0.1, 0.15) is 0 Å². The lowest BCUT2D eigenvalue weighted by atomic mass is 10.2. The summed E-state index contributed by atoms with van der Waals surface area (Å²) in [5, 5.41) is 11.9. The molecule has 0 aliphatic carbocycles. The summed E-state index contributed by atoms with van der Waals surface area (Å²) in [7, 11) is -0.834. The maximum atomic E-state index is 12.6. The molecule has 0 bridgehead atoms. The molecule has 3 rings (SSSR count). The SMILES string of the molecule is CN(CC(=O)Nc1nc2cc(Cl)ccc2n1C)S(=O)(=O)c1ccc(C#N)cc1. The van der Waals surface area contributed by atoms with Gasteiger partial charge in [-0.15, -0.1) is 0 Å². The molecule has 0 aliphatic rings. The number of aromatic nitrogens is 2. The molecule has 1 heterocycles. The average Bonchev–Trinajstić information content (AvgIpc) is 2.96. The molecule has 1 aromatic heterocycles. The summed E-state index contributed by atoms with van der Waals surface area (Å²) in [5.74, 6) is -0.254. The maximum absolute atomic E-state index is 12.6. The molecule has 10 heteroatoms. The highest BCUT2D eigenvalue weighted by Crippen LogP contribution is 2.22. The first-order chi connectivity index (χ1) is 13.2. The van der Waals surface area contributed by atoms with Crippen LogP contribution in [0.1, 0.15) is 5.56 Å². The van der Waals surface area contributed by atoms with Gasteiger partial charge in [0, 0.05) is 19.1 Å². The van der Waals surface area contributed by atoms with Crippen molar-refractivity contribution in [2.75, 3.05) is 18.9 Å². The van der Waals surface area contributed by atoms with Crippen molar-refractivity contribution < 1.29 is 13.2 Å². The molecule has 0 spiro atoms. The van der Waals surface area contributed by atoms with Gasteiger partial charge in [-0.3, -0.25) is 10.1 Å². The van der Waals surface area contributed by atoms with Crippen LogP contribution in [0.15, 0.2) is 47.4 Å². The van der Waals surface area contributed by atoms with Crippen LogP contribution in [0.4, 0.5) is 5.95 Å². The summed E-state index contributed by atoms with van der Waals surface area (Å²) < 4.78 is 27.8. The number of carbonyl (C=O) groups excluding carboxylic acids is 1. The van der Waals surface area contributed by atoms with Crippen molar-refractivity contribution in [2.24, 2.45) is 7.05 Å². The number of halogens is 1. The predicted molar refractivity (Wildman–Crippen MR) is 105 cm³/mol. The fourth-order valence-electron chi connectivity index (χ4n) is 2.62. The van der Waals surface area contributed by atoms with Crippen LogP contribution in [0.2, 0.25) is 5.02 Å².